The van der Waals surface area contributed by atoms with Crippen LogP contribution in [0.4, 0.5) is 0 Å². The van der Waals surface area contributed by atoms with Gasteiger partial charge in [0.25, 0.3) is 0 Å². The van der Waals surface area contributed by atoms with Crippen molar-refractivity contribution in [3.8, 4) is 0 Å². The number of nitrogens with zero attached hydrogens (tertiary/aromatic N) is 3. The average Bonchev–Trinajstić information content (AvgIpc) is 3.03. The molecule has 4 rings (SSSR count). The fraction of sp³-hybridized carbons (Fsp3) is 0.667. The van der Waals surface area contributed by atoms with Crippen LogP contribution in [0.5, 0.6) is 0 Å². The lowest BCUT2D eigenvalue weighted by atomic mass is 9.93. The Hall–Kier alpha value is -1.28. The van der Waals surface area contributed by atoms with Crippen molar-refractivity contribution in [2.24, 2.45) is 5.41 Å². The Kier molecular flexibility index (Phi) is 4.90. The summed E-state index contributed by atoms with van der Waals surface area (Å²) in [6.45, 7) is 5.86. The minimum absolute atomic E-state index is 0.139. The molecule has 3 heterocycles. The van der Waals surface area contributed by atoms with Gasteiger partial charge in [-0.2, -0.15) is 16.3 Å². The van der Waals surface area contributed by atoms with Crippen LogP contribution in [0.15, 0.2) is 21.3 Å². The zero-order valence-electron chi connectivity index (χ0n) is 14.9. The lowest BCUT2D eigenvalue weighted by Crippen LogP contribution is -2.35. The third kappa shape index (κ3) is 3.65. The standard InChI is InChI=1S/C18H26N4O2S/c1-13(23-2)17-20-16(24-21-17)11-22(10-14-3-8-25-12-14)15-9-18(15)4-6-19-7-5-18/h3,8,12-13,15,19H,4-7,9-11H2,1-2H3/t13-,15-/m1/s1. The molecule has 2 aliphatic rings. The molecule has 2 atom stereocenters. The van der Waals surface area contributed by atoms with Gasteiger partial charge >= 0.3 is 0 Å². The molecule has 2 aromatic heterocycles. The van der Waals surface area contributed by atoms with Crippen LogP contribution in [0.2, 0.25) is 0 Å². The minimum Gasteiger partial charge on any atom is -0.374 e. The van der Waals surface area contributed by atoms with E-state index in [1.165, 1.54) is 24.8 Å². The molecule has 1 aliphatic heterocycles. The average molecular weight is 362 g/mol. The normalized spacial score (nSPS) is 23.2. The zero-order valence-corrected chi connectivity index (χ0v) is 15.7. The van der Waals surface area contributed by atoms with E-state index in [-0.39, 0.29) is 6.10 Å². The van der Waals surface area contributed by atoms with Gasteiger partial charge < -0.3 is 14.6 Å². The topological polar surface area (TPSA) is 63.4 Å². The van der Waals surface area contributed by atoms with E-state index in [1.807, 2.05) is 6.92 Å². The van der Waals surface area contributed by atoms with E-state index in [4.69, 9.17) is 9.26 Å². The largest absolute Gasteiger partial charge is 0.374 e. The van der Waals surface area contributed by atoms with Crippen LogP contribution in [0.3, 0.4) is 0 Å². The molecule has 1 N–H and O–H groups in total. The maximum Gasteiger partial charge on any atom is 0.240 e. The predicted molar refractivity (Wildman–Crippen MR) is 96.2 cm³/mol. The highest BCUT2D eigenvalue weighted by Gasteiger charge is 2.56. The molecule has 2 aromatic rings. The van der Waals surface area contributed by atoms with E-state index >= 15 is 0 Å². The number of rotatable bonds is 7. The first kappa shape index (κ1) is 17.1. The molecule has 1 saturated carbocycles. The highest BCUT2D eigenvalue weighted by Crippen LogP contribution is 2.56. The van der Waals surface area contributed by atoms with Crippen LogP contribution < -0.4 is 5.32 Å². The SMILES string of the molecule is CO[C@H](C)c1noc(CN(Cc2ccsc2)[C@@H]2CC23CCNCC3)n1. The third-order valence-corrected chi connectivity index (χ3v) is 6.42. The Morgan fingerprint density at radius 3 is 3.00 bits per heavy atom. The summed E-state index contributed by atoms with van der Waals surface area (Å²) in [6, 6.07) is 2.83. The number of hydrogen-bond donors (Lipinski definition) is 1. The number of nitrogens with one attached hydrogen (secondary N) is 1. The first-order valence-corrected chi connectivity index (χ1v) is 9.95. The van der Waals surface area contributed by atoms with Gasteiger partial charge in [-0.15, -0.1) is 0 Å². The Balaban J connectivity index is 1.49. The summed E-state index contributed by atoms with van der Waals surface area (Å²) in [5, 5.41) is 11.9. The molecule has 0 bridgehead atoms. The smallest absolute Gasteiger partial charge is 0.240 e. The predicted octanol–water partition coefficient (Wildman–Crippen LogP) is 2.98. The molecular weight excluding hydrogens is 336 g/mol. The van der Waals surface area contributed by atoms with Gasteiger partial charge in [-0.25, -0.2) is 0 Å². The lowest BCUT2D eigenvalue weighted by Gasteiger charge is -2.28. The van der Waals surface area contributed by atoms with Crippen LogP contribution >= 0.6 is 11.3 Å². The summed E-state index contributed by atoms with van der Waals surface area (Å²) >= 11 is 1.75. The van der Waals surface area contributed by atoms with Gasteiger partial charge in [0, 0.05) is 19.7 Å². The summed E-state index contributed by atoms with van der Waals surface area (Å²) < 4.78 is 10.8. The van der Waals surface area contributed by atoms with E-state index in [0.29, 0.717) is 29.7 Å². The van der Waals surface area contributed by atoms with E-state index in [1.54, 1.807) is 18.4 Å². The van der Waals surface area contributed by atoms with Gasteiger partial charge in [0.05, 0.1) is 6.54 Å². The van der Waals surface area contributed by atoms with Crippen LogP contribution in [0, 0.1) is 5.41 Å². The van der Waals surface area contributed by atoms with Crippen molar-refractivity contribution in [2.45, 2.75) is 51.4 Å². The van der Waals surface area contributed by atoms with Gasteiger partial charge in [0.1, 0.15) is 6.10 Å². The van der Waals surface area contributed by atoms with Crippen molar-refractivity contribution in [1.82, 2.24) is 20.4 Å². The molecule has 7 heteroatoms. The second-order valence-electron chi connectivity index (χ2n) is 7.29. The molecule has 0 unspecified atom stereocenters. The van der Waals surface area contributed by atoms with E-state index in [2.05, 4.69) is 37.2 Å². The fourth-order valence-electron chi connectivity index (χ4n) is 3.97. The van der Waals surface area contributed by atoms with Crippen molar-refractivity contribution < 1.29 is 9.26 Å². The lowest BCUT2D eigenvalue weighted by molar-refractivity contribution is 0.109. The first-order valence-electron chi connectivity index (χ1n) is 9.01. The van der Waals surface area contributed by atoms with Crippen molar-refractivity contribution in [2.75, 3.05) is 20.2 Å². The minimum atomic E-state index is -0.139. The number of ether oxygens (including phenoxy) is 1. The molecule has 25 heavy (non-hydrogen) atoms. The van der Waals surface area contributed by atoms with Crippen LogP contribution in [0.1, 0.15) is 49.6 Å². The molecule has 1 saturated heterocycles. The summed E-state index contributed by atoms with van der Waals surface area (Å²) in [7, 11) is 1.66. The Labute approximate surface area is 152 Å². The third-order valence-electron chi connectivity index (χ3n) is 5.69. The maximum absolute atomic E-state index is 5.50. The molecule has 6 nitrogen and oxygen atoms in total. The molecule has 0 aromatic carbocycles. The number of aromatic nitrogens is 2. The van der Waals surface area contributed by atoms with Gasteiger partial charge in [0.2, 0.25) is 5.89 Å². The molecule has 2 fully saturated rings. The number of hydrogen-bond acceptors (Lipinski definition) is 7. The summed E-state index contributed by atoms with van der Waals surface area (Å²) in [6.07, 6.45) is 3.69. The fourth-order valence-corrected chi connectivity index (χ4v) is 4.63. The monoisotopic (exact) mass is 362 g/mol. The number of methoxy groups -OCH3 is 1. The van der Waals surface area contributed by atoms with Crippen molar-refractivity contribution in [3.05, 3.63) is 34.1 Å². The highest BCUT2D eigenvalue weighted by molar-refractivity contribution is 7.07. The van der Waals surface area contributed by atoms with Crippen molar-refractivity contribution in [3.63, 3.8) is 0 Å². The second-order valence-corrected chi connectivity index (χ2v) is 8.07. The Bertz CT molecular complexity index is 681. The van der Waals surface area contributed by atoms with Crippen molar-refractivity contribution in [1.29, 1.82) is 0 Å². The van der Waals surface area contributed by atoms with Gasteiger partial charge in [-0.05, 0) is 67.1 Å². The van der Waals surface area contributed by atoms with Gasteiger partial charge in [0.15, 0.2) is 5.82 Å². The molecule has 1 spiro atoms. The highest BCUT2D eigenvalue weighted by atomic mass is 32.1. The molecule has 0 radical (unpaired) electrons. The Morgan fingerprint density at radius 2 is 2.28 bits per heavy atom. The summed E-state index contributed by atoms with van der Waals surface area (Å²) in [4.78, 5) is 7.07. The maximum atomic E-state index is 5.50. The van der Waals surface area contributed by atoms with Gasteiger partial charge in [-0.1, -0.05) is 5.16 Å². The quantitative estimate of drug-likeness (QED) is 0.817. The molecular formula is C18H26N4O2S. The van der Waals surface area contributed by atoms with E-state index < -0.39 is 0 Å². The Morgan fingerprint density at radius 1 is 1.44 bits per heavy atom. The summed E-state index contributed by atoms with van der Waals surface area (Å²) in [5.41, 5.74) is 1.86. The summed E-state index contributed by atoms with van der Waals surface area (Å²) in [5.74, 6) is 1.31. The van der Waals surface area contributed by atoms with Crippen LogP contribution in [-0.4, -0.2) is 41.3 Å². The number of thiophene rings is 1. The first-order chi connectivity index (χ1) is 12.2. The van der Waals surface area contributed by atoms with Crippen molar-refractivity contribution >= 4 is 11.3 Å². The second kappa shape index (κ2) is 7.15. The molecule has 1 aliphatic carbocycles. The molecule has 0 amide bonds. The zero-order chi connectivity index (χ0) is 17.3. The van der Waals surface area contributed by atoms with Crippen LogP contribution in [-0.2, 0) is 17.8 Å². The van der Waals surface area contributed by atoms with E-state index in [9.17, 15) is 0 Å². The van der Waals surface area contributed by atoms with Crippen LogP contribution in [0.25, 0.3) is 0 Å². The van der Waals surface area contributed by atoms with Gasteiger partial charge in [-0.3, -0.25) is 4.90 Å². The molecule has 136 valence electrons. The van der Waals surface area contributed by atoms with E-state index in [0.717, 1.165) is 19.6 Å². The number of piperidine rings is 1.